The molecule has 0 amide bonds. The van der Waals surface area contributed by atoms with Crippen molar-refractivity contribution in [1.82, 2.24) is 10.3 Å². The normalized spacial score (nSPS) is 25.2. The van der Waals surface area contributed by atoms with Crippen molar-refractivity contribution in [3.05, 3.63) is 29.6 Å². The topological polar surface area (TPSA) is 45.2 Å². The first-order chi connectivity index (χ1) is 7.91. The molecule has 1 aromatic rings. The van der Waals surface area contributed by atoms with Gasteiger partial charge in [0.25, 0.3) is 0 Å². The van der Waals surface area contributed by atoms with Crippen molar-refractivity contribution < 1.29 is 18.3 Å². The minimum absolute atomic E-state index is 0.0251. The Morgan fingerprint density at radius 1 is 1.47 bits per heavy atom. The van der Waals surface area contributed by atoms with Crippen LogP contribution in [-0.4, -0.2) is 28.8 Å². The first-order valence-electron chi connectivity index (χ1n) is 5.34. The molecule has 0 saturated carbocycles. The summed E-state index contributed by atoms with van der Waals surface area (Å²) in [6, 6.07) is 0.946. The summed E-state index contributed by atoms with van der Waals surface area (Å²) >= 11 is 0. The Balaban J connectivity index is 2.26. The molecule has 1 atom stereocenters. The summed E-state index contributed by atoms with van der Waals surface area (Å²) in [5.74, 6) is 0. The number of nitrogens with one attached hydrogen (secondary N) is 1. The van der Waals surface area contributed by atoms with E-state index in [4.69, 9.17) is 0 Å². The fraction of sp³-hybridized carbons (Fsp3) is 0.545. The molecule has 1 aromatic heterocycles. The highest BCUT2D eigenvalue weighted by Crippen LogP contribution is 2.33. The Morgan fingerprint density at radius 2 is 2.24 bits per heavy atom. The number of β-amino-alcohol motifs (C(OH)–C–C–N with tert-alkyl or cyclic N) is 1. The smallest absolute Gasteiger partial charge is 0.388 e. The van der Waals surface area contributed by atoms with Crippen LogP contribution in [0.3, 0.4) is 0 Å². The molecule has 2 heterocycles. The maximum atomic E-state index is 12.7. The third kappa shape index (κ3) is 2.76. The second-order valence-electron chi connectivity index (χ2n) is 4.36. The van der Waals surface area contributed by atoms with E-state index < -0.39 is 17.3 Å². The van der Waals surface area contributed by atoms with E-state index in [-0.39, 0.29) is 12.0 Å². The molecule has 6 heteroatoms. The minimum atomic E-state index is -4.40. The molecule has 1 saturated heterocycles. The van der Waals surface area contributed by atoms with Crippen LogP contribution in [-0.2, 0) is 12.6 Å². The van der Waals surface area contributed by atoms with Crippen molar-refractivity contribution in [2.75, 3.05) is 13.1 Å². The molecular formula is C11H13F3N2O. The number of aromatic nitrogens is 1. The van der Waals surface area contributed by atoms with Crippen molar-refractivity contribution in [1.29, 1.82) is 0 Å². The van der Waals surface area contributed by atoms with Gasteiger partial charge in [0, 0.05) is 25.4 Å². The van der Waals surface area contributed by atoms with E-state index in [1.807, 2.05) is 0 Å². The molecule has 2 rings (SSSR count). The van der Waals surface area contributed by atoms with Crippen LogP contribution in [0.1, 0.15) is 17.5 Å². The lowest BCUT2D eigenvalue weighted by molar-refractivity contribution is -0.138. The third-order valence-corrected chi connectivity index (χ3v) is 2.95. The SMILES string of the molecule is OC1(Cc2cnccc2C(F)(F)F)CCNC1. The number of halogens is 3. The fourth-order valence-corrected chi connectivity index (χ4v) is 2.08. The molecular weight excluding hydrogens is 233 g/mol. The van der Waals surface area contributed by atoms with Crippen molar-refractivity contribution in [2.45, 2.75) is 24.6 Å². The number of hydrogen-bond donors (Lipinski definition) is 2. The molecule has 1 fully saturated rings. The number of hydrogen-bond acceptors (Lipinski definition) is 3. The monoisotopic (exact) mass is 246 g/mol. The quantitative estimate of drug-likeness (QED) is 0.828. The van der Waals surface area contributed by atoms with Crippen molar-refractivity contribution in [2.24, 2.45) is 0 Å². The molecule has 0 aromatic carbocycles. The van der Waals surface area contributed by atoms with Gasteiger partial charge in [0.1, 0.15) is 0 Å². The van der Waals surface area contributed by atoms with E-state index in [2.05, 4.69) is 10.3 Å². The van der Waals surface area contributed by atoms with Gasteiger partial charge in [0.2, 0.25) is 0 Å². The van der Waals surface area contributed by atoms with E-state index in [0.29, 0.717) is 19.5 Å². The van der Waals surface area contributed by atoms with Gasteiger partial charge in [-0.05, 0) is 24.6 Å². The molecule has 17 heavy (non-hydrogen) atoms. The van der Waals surface area contributed by atoms with Crippen LogP contribution in [0.4, 0.5) is 13.2 Å². The van der Waals surface area contributed by atoms with Gasteiger partial charge in [-0.2, -0.15) is 13.2 Å². The van der Waals surface area contributed by atoms with Crippen molar-refractivity contribution in [3.63, 3.8) is 0 Å². The highest BCUT2D eigenvalue weighted by atomic mass is 19.4. The second kappa shape index (κ2) is 4.27. The standard InChI is InChI=1S/C11H13F3N2O/c12-11(13,14)9-1-3-15-6-8(9)5-10(17)2-4-16-7-10/h1,3,6,16-17H,2,4-5,7H2. The van der Waals surface area contributed by atoms with E-state index >= 15 is 0 Å². The Hall–Kier alpha value is -1.14. The molecule has 2 N–H and O–H groups in total. The fourth-order valence-electron chi connectivity index (χ4n) is 2.08. The van der Waals surface area contributed by atoms with Gasteiger partial charge in [-0.1, -0.05) is 0 Å². The Kier molecular flexibility index (Phi) is 3.09. The highest BCUT2D eigenvalue weighted by Gasteiger charge is 2.37. The van der Waals surface area contributed by atoms with E-state index in [1.165, 1.54) is 6.20 Å². The maximum Gasteiger partial charge on any atom is 0.416 e. The lowest BCUT2D eigenvalue weighted by Crippen LogP contribution is -2.34. The van der Waals surface area contributed by atoms with E-state index in [0.717, 1.165) is 12.3 Å². The van der Waals surface area contributed by atoms with Gasteiger partial charge in [-0.25, -0.2) is 0 Å². The van der Waals surface area contributed by atoms with E-state index in [1.54, 1.807) is 0 Å². The number of pyridine rings is 1. The summed E-state index contributed by atoms with van der Waals surface area (Å²) in [7, 11) is 0. The molecule has 3 nitrogen and oxygen atoms in total. The average molecular weight is 246 g/mol. The molecule has 0 aliphatic carbocycles. The molecule has 0 bridgehead atoms. The Labute approximate surface area is 96.7 Å². The number of alkyl halides is 3. The molecule has 1 aliphatic heterocycles. The summed E-state index contributed by atoms with van der Waals surface area (Å²) in [6.07, 6.45) is -1.68. The highest BCUT2D eigenvalue weighted by molar-refractivity contribution is 5.28. The lowest BCUT2D eigenvalue weighted by atomic mass is 9.92. The van der Waals surface area contributed by atoms with Crippen LogP contribution >= 0.6 is 0 Å². The van der Waals surface area contributed by atoms with Crippen LogP contribution in [0.2, 0.25) is 0 Å². The number of nitrogens with zero attached hydrogens (tertiary/aromatic N) is 1. The van der Waals surface area contributed by atoms with Gasteiger partial charge >= 0.3 is 6.18 Å². The average Bonchev–Trinajstić information content (AvgIpc) is 2.64. The zero-order chi connectivity index (χ0) is 12.5. The summed E-state index contributed by atoms with van der Waals surface area (Å²) in [5, 5.41) is 13.0. The summed E-state index contributed by atoms with van der Waals surface area (Å²) in [4.78, 5) is 3.70. The van der Waals surface area contributed by atoms with Gasteiger partial charge in [-0.3, -0.25) is 4.98 Å². The molecule has 0 spiro atoms. The van der Waals surface area contributed by atoms with Crippen molar-refractivity contribution >= 4 is 0 Å². The Bertz CT molecular complexity index is 400. The summed E-state index contributed by atoms with van der Waals surface area (Å²) < 4.78 is 38.2. The first kappa shape index (κ1) is 12.3. The number of aliphatic hydroxyl groups is 1. The van der Waals surface area contributed by atoms with Crippen molar-refractivity contribution in [3.8, 4) is 0 Å². The lowest BCUT2D eigenvalue weighted by Gasteiger charge is -2.23. The maximum absolute atomic E-state index is 12.7. The van der Waals surface area contributed by atoms with Crippen LogP contribution in [0.5, 0.6) is 0 Å². The van der Waals surface area contributed by atoms with Gasteiger partial charge in [-0.15, -0.1) is 0 Å². The van der Waals surface area contributed by atoms with Gasteiger partial charge in [0.05, 0.1) is 11.2 Å². The zero-order valence-electron chi connectivity index (χ0n) is 9.09. The molecule has 1 unspecified atom stereocenters. The largest absolute Gasteiger partial charge is 0.416 e. The minimum Gasteiger partial charge on any atom is -0.388 e. The molecule has 1 aliphatic rings. The van der Waals surface area contributed by atoms with Crippen LogP contribution in [0.25, 0.3) is 0 Å². The van der Waals surface area contributed by atoms with Crippen LogP contribution in [0.15, 0.2) is 18.5 Å². The summed E-state index contributed by atoms with van der Waals surface area (Å²) in [5.41, 5.74) is -1.76. The van der Waals surface area contributed by atoms with E-state index in [9.17, 15) is 18.3 Å². The van der Waals surface area contributed by atoms with Crippen LogP contribution in [0, 0.1) is 0 Å². The predicted octanol–water partition coefficient (Wildman–Crippen LogP) is 1.37. The molecule has 0 radical (unpaired) electrons. The first-order valence-corrected chi connectivity index (χ1v) is 5.34. The molecule has 94 valence electrons. The third-order valence-electron chi connectivity index (χ3n) is 2.95. The van der Waals surface area contributed by atoms with Crippen LogP contribution < -0.4 is 5.32 Å². The number of rotatable bonds is 2. The zero-order valence-corrected chi connectivity index (χ0v) is 9.09. The van der Waals surface area contributed by atoms with Gasteiger partial charge < -0.3 is 10.4 Å². The predicted molar refractivity (Wildman–Crippen MR) is 55.4 cm³/mol. The van der Waals surface area contributed by atoms with Gasteiger partial charge in [0.15, 0.2) is 0 Å². The Morgan fingerprint density at radius 3 is 2.82 bits per heavy atom. The summed E-state index contributed by atoms with van der Waals surface area (Å²) in [6.45, 7) is 0.942. The second-order valence-corrected chi connectivity index (χ2v) is 4.36.